The number of unbranched alkanes of at least 4 members (excludes halogenated alkanes) is 1. The van der Waals surface area contributed by atoms with Gasteiger partial charge in [-0.05, 0) is 42.7 Å². The Morgan fingerprint density at radius 1 is 1.09 bits per heavy atom. The fourth-order valence-corrected chi connectivity index (χ4v) is 2.16. The predicted octanol–water partition coefficient (Wildman–Crippen LogP) is 4.80. The van der Waals surface area contributed by atoms with Gasteiger partial charge in [-0.3, -0.25) is 0 Å². The molecule has 0 radical (unpaired) electrons. The minimum absolute atomic E-state index is 0.282. The molecule has 120 valence electrons. The molecular formula is C20H22O3. The summed E-state index contributed by atoms with van der Waals surface area (Å²) in [5.74, 6) is -0.125. The number of hydrogen-bond acceptors (Lipinski definition) is 2. The fraction of sp³-hybridized carbons (Fsp3) is 0.250. The number of aryl methyl sites for hydroxylation is 1. The molecule has 0 spiro atoms. The van der Waals surface area contributed by atoms with Crippen molar-refractivity contribution in [2.75, 3.05) is 6.61 Å². The Morgan fingerprint density at radius 2 is 1.74 bits per heavy atom. The van der Waals surface area contributed by atoms with Crippen LogP contribution in [-0.4, -0.2) is 17.7 Å². The van der Waals surface area contributed by atoms with Crippen molar-refractivity contribution >= 4 is 17.6 Å². The first-order valence-electron chi connectivity index (χ1n) is 7.85. The van der Waals surface area contributed by atoms with Crippen LogP contribution < -0.4 is 4.74 Å². The first kappa shape index (κ1) is 16.8. The second-order valence-corrected chi connectivity index (χ2v) is 5.50. The van der Waals surface area contributed by atoms with Crippen LogP contribution in [0.25, 0.3) is 11.6 Å². The van der Waals surface area contributed by atoms with Gasteiger partial charge in [0, 0.05) is 0 Å². The van der Waals surface area contributed by atoms with E-state index in [0.29, 0.717) is 12.2 Å². The normalized spacial score (nSPS) is 11.3. The standard InChI is InChI=1S/C20H22O3/c1-3-4-13-23-18-11-7-16(8-12-18)14-19(20(21)22)17-9-5-15(2)6-10-17/h5-12,14H,3-4,13H2,1-2H3,(H,21,22)/b19-14-. The fourth-order valence-electron chi connectivity index (χ4n) is 2.16. The summed E-state index contributed by atoms with van der Waals surface area (Å²) in [5, 5.41) is 9.46. The Morgan fingerprint density at radius 3 is 2.30 bits per heavy atom. The number of aliphatic carboxylic acids is 1. The lowest BCUT2D eigenvalue weighted by molar-refractivity contribution is -0.130. The number of carbonyl (C=O) groups is 1. The Kier molecular flexibility index (Phi) is 5.98. The Labute approximate surface area is 137 Å². The van der Waals surface area contributed by atoms with Crippen LogP contribution in [0.5, 0.6) is 5.75 Å². The summed E-state index contributed by atoms with van der Waals surface area (Å²) in [6.45, 7) is 4.80. The summed E-state index contributed by atoms with van der Waals surface area (Å²) in [5.41, 5.74) is 2.92. The summed E-state index contributed by atoms with van der Waals surface area (Å²) in [4.78, 5) is 11.5. The predicted molar refractivity (Wildman–Crippen MR) is 93.5 cm³/mol. The number of carboxylic acids is 1. The minimum atomic E-state index is -0.933. The minimum Gasteiger partial charge on any atom is -0.494 e. The number of carboxylic acid groups (broad SMARTS) is 1. The van der Waals surface area contributed by atoms with Crippen molar-refractivity contribution in [2.45, 2.75) is 26.7 Å². The van der Waals surface area contributed by atoms with Gasteiger partial charge in [-0.1, -0.05) is 55.3 Å². The summed E-state index contributed by atoms with van der Waals surface area (Å²) < 4.78 is 5.61. The first-order chi connectivity index (χ1) is 11.1. The van der Waals surface area contributed by atoms with Gasteiger partial charge in [-0.2, -0.15) is 0 Å². The average Bonchev–Trinajstić information content (AvgIpc) is 2.55. The van der Waals surface area contributed by atoms with E-state index in [9.17, 15) is 9.90 Å². The molecule has 0 fully saturated rings. The molecule has 0 aliphatic rings. The molecule has 2 aromatic carbocycles. The third-order valence-corrected chi connectivity index (χ3v) is 3.55. The van der Waals surface area contributed by atoms with Crippen molar-refractivity contribution in [3.8, 4) is 5.75 Å². The van der Waals surface area contributed by atoms with Gasteiger partial charge in [0.2, 0.25) is 0 Å². The van der Waals surface area contributed by atoms with Gasteiger partial charge in [0.15, 0.2) is 0 Å². The van der Waals surface area contributed by atoms with E-state index < -0.39 is 5.97 Å². The lowest BCUT2D eigenvalue weighted by atomic mass is 10.0. The first-order valence-corrected chi connectivity index (χ1v) is 7.85. The van der Waals surface area contributed by atoms with Crippen molar-refractivity contribution in [3.63, 3.8) is 0 Å². The van der Waals surface area contributed by atoms with E-state index in [1.807, 2.05) is 55.5 Å². The lowest BCUT2D eigenvalue weighted by Crippen LogP contribution is -2.00. The van der Waals surface area contributed by atoms with E-state index in [1.165, 1.54) is 0 Å². The smallest absolute Gasteiger partial charge is 0.336 e. The van der Waals surface area contributed by atoms with Gasteiger partial charge >= 0.3 is 5.97 Å². The largest absolute Gasteiger partial charge is 0.494 e. The number of ether oxygens (including phenoxy) is 1. The lowest BCUT2D eigenvalue weighted by Gasteiger charge is -2.06. The van der Waals surface area contributed by atoms with Gasteiger partial charge in [-0.25, -0.2) is 4.79 Å². The van der Waals surface area contributed by atoms with Crippen LogP contribution >= 0.6 is 0 Å². The second-order valence-electron chi connectivity index (χ2n) is 5.50. The van der Waals surface area contributed by atoms with E-state index in [0.717, 1.165) is 29.7 Å². The zero-order valence-corrected chi connectivity index (χ0v) is 13.6. The molecule has 0 saturated carbocycles. The van der Waals surface area contributed by atoms with E-state index in [2.05, 4.69) is 6.92 Å². The van der Waals surface area contributed by atoms with E-state index >= 15 is 0 Å². The van der Waals surface area contributed by atoms with Crippen LogP contribution in [0.1, 0.15) is 36.5 Å². The number of rotatable bonds is 7. The highest BCUT2D eigenvalue weighted by Gasteiger charge is 2.10. The quantitative estimate of drug-likeness (QED) is 0.454. The Bertz CT molecular complexity index is 667. The van der Waals surface area contributed by atoms with Crippen molar-refractivity contribution in [3.05, 3.63) is 65.2 Å². The van der Waals surface area contributed by atoms with E-state index in [4.69, 9.17) is 4.74 Å². The van der Waals surface area contributed by atoms with Crippen molar-refractivity contribution in [1.82, 2.24) is 0 Å². The highest BCUT2D eigenvalue weighted by atomic mass is 16.5. The molecule has 0 unspecified atom stereocenters. The number of hydrogen-bond donors (Lipinski definition) is 1. The molecule has 0 atom stereocenters. The molecule has 0 aliphatic carbocycles. The molecule has 0 saturated heterocycles. The highest BCUT2D eigenvalue weighted by Crippen LogP contribution is 2.21. The average molecular weight is 310 g/mol. The molecule has 0 amide bonds. The molecule has 0 heterocycles. The molecule has 3 nitrogen and oxygen atoms in total. The summed E-state index contributed by atoms with van der Waals surface area (Å²) >= 11 is 0. The van der Waals surface area contributed by atoms with Gasteiger partial charge in [-0.15, -0.1) is 0 Å². The topological polar surface area (TPSA) is 46.5 Å². The van der Waals surface area contributed by atoms with Gasteiger partial charge in [0.1, 0.15) is 5.75 Å². The zero-order chi connectivity index (χ0) is 16.7. The molecule has 1 N–H and O–H groups in total. The van der Waals surface area contributed by atoms with Crippen LogP contribution in [0.3, 0.4) is 0 Å². The SMILES string of the molecule is CCCCOc1ccc(/C=C(\C(=O)O)c2ccc(C)cc2)cc1. The zero-order valence-electron chi connectivity index (χ0n) is 13.6. The molecule has 0 bridgehead atoms. The van der Waals surface area contributed by atoms with E-state index in [1.54, 1.807) is 6.08 Å². The molecule has 0 aromatic heterocycles. The molecule has 0 aliphatic heterocycles. The van der Waals surface area contributed by atoms with Crippen LogP contribution in [-0.2, 0) is 4.79 Å². The van der Waals surface area contributed by atoms with Gasteiger partial charge in [0.25, 0.3) is 0 Å². The summed E-state index contributed by atoms with van der Waals surface area (Å²) in [6, 6.07) is 15.0. The summed E-state index contributed by atoms with van der Waals surface area (Å²) in [7, 11) is 0. The Balaban J connectivity index is 2.19. The molecule has 3 heteroatoms. The van der Waals surface area contributed by atoms with Gasteiger partial charge < -0.3 is 9.84 Å². The molecular weight excluding hydrogens is 288 g/mol. The monoisotopic (exact) mass is 310 g/mol. The molecule has 2 aromatic rings. The van der Waals surface area contributed by atoms with Crippen molar-refractivity contribution < 1.29 is 14.6 Å². The van der Waals surface area contributed by atoms with Crippen LogP contribution in [0, 0.1) is 6.92 Å². The highest BCUT2D eigenvalue weighted by molar-refractivity contribution is 6.20. The molecule has 2 rings (SSSR count). The van der Waals surface area contributed by atoms with E-state index in [-0.39, 0.29) is 5.57 Å². The van der Waals surface area contributed by atoms with Crippen LogP contribution in [0.15, 0.2) is 48.5 Å². The van der Waals surface area contributed by atoms with Crippen molar-refractivity contribution in [1.29, 1.82) is 0 Å². The Hall–Kier alpha value is -2.55. The van der Waals surface area contributed by atoms with Crippen LogP contribution in [0.4, 0.5) is 0 Å². The van der Waals surface area contributed by atoms with Crippen molar-refractivity contribution in [2.24, 2.45) is 0 Å². The third kappa shape index (κ3) is 4.99. The number of benzene rings is 2. The summed E-state index contributed by atoms with van der Waals surface area (Å²) in [6.07, 6.45) is 3.81. The maximum absolute atomic E-state index is 11.5. The van der Waals surface area contributed by atoms with Gasteiger partial charge in [0.05, 0.1) is 12.2 Å². The van der Waals surface area contributed by atoms with Crippen LogP contribution in [0.2, 0.25) is 0 Å². The second kappa shape index (κ2) is 8.18. The molecule has 23 heavy (non-hydrogen) atoms. The maximum atomic E-state index is 11.5. The maximum Gasteiger partial charge on any atom is 0.336 e. The third-order valence-electron chi connectivity index (χ3n) is 3.55.